The summed E-state index contributed by atoms with van der Waals surface area (Å²) in [5, 5.41) is 3.81. The fraction of sp³-hybridized carbons (Fsp3) is 0.524. The lowest BCUT2D eigenvalue weighted by atomic mass is 10.0. The summed E-state index contributed by atoms with van der Waals surface area (Å²) in [5.41, 5.74) is 0.514. The number of aromatic nitrogens is 2. The quantitative estimate of drug-likeness (QED) is 0.362. The van der Waals surface area contributed by atoms with Gasteiger partial charge in [0.15, 0.2) is 5.16 Å². The number of methoxy groups -OCH3 is 1. The molecule has 0 saturated heterocycles. The number of ether oxygens (including phenoxy) is 1. The van der Waals surface area contributed by atoms with Crippen LogP contribution in [-0.4, -0.2) is 40.3 Å². The van der Waals surface area contributed by atoms with Crippen LogP contribution in [0.2, 0.25) is 0 Å². The van der Waals surface area contributed by atoms with E-state index in [4.69, 9.17) is 4.74 Å². The largest absolute Gasteiger partial charge is 0.467 e. The van der Waals surface area contributed by atoms with Crippen molar-refractivity contribution >= 4 is 34.5 Å². The summed E-state index contributed by atoms with van der Waals surface area (Å²) < 4.78 is 6.42. The molecule has 0 fully saturated rings. The predicted molar refractivity (Wildman–Crippen MR) is 115 cm³/mol. The molecular formula is C21H29N3O4S. The van der Waals surface area contributed by atoms with E-state index >= 15 is 0 Å². The summed E-state index contributed by atoms with van der Waals surface area (Å²) in [4.78, 5) is 41.8. The number of carbonyl (C=O) groups excluding carboxylic acids is 2. The normalized spacial score (nSPS) is 12.2. The molecule has 0 aliphatic heterocycles. The molecule has 1 heterocycles. The van der Waals surface area contributed by atoms with Gasteiger partial charge in [-0.15, -0.1) is 0 Å². The number of nitrogens with zero attached hydrogens (tertiary/aromatic N) is 2. The summed E-state index contributed by atoms with van der Waals surface area (Å²) in [7, 11) is 1.31. The average molecular weight is 420 g/mol. The molecule has 0 radical (unpaired) electrons. The van der Waals surface area contributed by atoms with Crippen LogP contribution in [0.25, 0.3) is 10.9 Å². The third kappa shape index (κ3) is 6.32. The van der Waals surface area contributed by atoms with Crippen molar-refractivity contribution in [1.82, 2.24) is 14.9 Å². The number of unbranched alkanes of at least 4 members (excludes halogenated alkanes) is 1. The lowest BCUT2D eigenvalue weighted by Crippen LogP contribution is -2.43. The van der Waals surface area contributed by atoms with Gasteiger partial charge < -0.3 is 10.1 Å². The van der Waals surface area contributed by atoms with Crippen molar-refractivity contribution in [2.45, 2.75) is 57.8 Å². The van der Waals surface area contributed by atoms with Crippen molar-refractivity contribution in [3.63, 3.8) is 0 Å². The number of esters is 1. The molecule has 0 spiro atoms. The Morgan fingerprint density at radius 3 is 2.66 bits per heavy atom. The van der Waals surface area contributed by atoms with Crippen LogP contribution in [0.4, 0.5) is 0 Å². The first kappa shape index (κ1) is 22.9. The van der Waals surface area contributed by atoms with Crippen molar-refractivity contribution in [2.24, 2.45) is 5.92 Å². The lowest BCUT2D eigenvalue weighted by molar-refractivity contribution is -0.145. The molecule has 1 aromatic carbocycles. The van der Waals surface area contributed by atoms with Gasteiger partial charge in [-0.3, -0.25) is 14.2 Å². The van der Waals surface area contributed by atoms with Crippen LogP contribution in [0.3, 0.4) is 0 Å². The summed E-state index contributed by atoms with van der Waals surface area (Å²) in [6, 6.07) is 6.53. The number of thioether (sulfide) groups is 1. The van der Waals surface area contributed by atoms with Crippen molar-refractivity contribution in [2.75, 3.05) is 12.9 Å². The second kappa shape index (κ2) is 11.0. The van der Waals surface area contributed by atoms with Gasteiger partial charge in [0, 0.05) is 6.54 Å². The van der Waals surface area contributed by atoms with Gasteiger partial charge in [-0.2, -0.15) is 0 Å². The monoisotopic (exact) mass is 419 g/mol. The van der Waals surface area contributed by atoms with Gasteiger partial charge in [-0.05, 0) is 30.9 Å². The van der Waals surface area contributed by atoms with E-state index in [1.54, 1.807) is 16.7 Å². The fourth-order valence-electron chi connectivity index (χ4n) is 2.97. The van der Waals surface area contributed by atoms with E-state index in [0.29, 0.717) is 29.0 Å². The van der Waals surface area contributed by atoms with E-state index in [1.807, 2.05) is 26.0 Å². The van der Waals surface area contributed by atoms with Gasteiger partial charge in [0.2, 0.25) is 5.91 Å². The van der Waals surface area contributed by atoms with Gasteiger partial charge in [0.25, 0.3) is 5.56 Å². The highest BCUT2D eigenvalue weighted by Crippen LogP contribution is 2.18. The molecule has 1 aromatic heterocycles. The van der Waals surface area contributed by atoms with Gasteiger partial charge in [-0.1, -0.05) is 51.1 Å². The summed E-state index contributed by atoms with van der Waals surface area (Å²) in [6.45, 7) is 6.56. The average Bonchev–Trinajstić information content (AvgIpc) is 2.70. The Kier molecular flexibility index (Phi) is 8.70. The maximum Gasteiger partial charge on any atom is 0.328 e. The predicted octanol–water partition coefficient (Wildman–Crippen LogP) is 2.99. The SMILES string of the molecule is CCCCn1c(SCC(=O)N[C@@H](CC(C)C)C(=O)OC)nc2ccccc2c1=O. The highest BCUT2D eigenvalue weighted by Gasteiger charge is 2.23. The number of amides is 1. The molecule has 8 heteroatoms. The number of hydrogen-bond acceptors (Lipinski definition) is 6. The van der Waals surface area contributed by atoms with Crippen molar-refractivity contribution < 1.29 is 14.3 Å². The Balaban J connectivity index is 2.18. The van der Waals surface area contributed by atoms with Crippen molar-refractivity contribution in [1.29, 1.82) is 0 Å². The highest BCUT2D eigenvalue weighted by molar-refractivity contribution is 7.99. The van der Waals surface area contributed by atoms with E-state index in [1.165, 1.54) is 18.9 Å². The van der Waals surface area contributed by atoms with E-state index < -0.39 is 12.0 Å². The molecular weight excluding hydrogens is 390 g/mol. The molecule has 2 aromatic rings. The minimum absolute atomic E-state index is 0.0580. The number of hydrogen-bond donors (Lipinski definition) is 1. The summed E-state index contributed by atoms with van der Waals surface area (Å²) in [5.74, 6) is -0.465. The van der Waals surface area contributed by atoms with Gasteiger partial charge in [0.05, 0.1) is 23.8 Å². The zero-order valence-corrected chi connectivity index (χ0v) is 18.3. The maximum atomic E-state index is 12.9. The molecule has 0 aliphatic carbocycles. The smallest absolute Gasteiger partial charge is 0.328 e. The van der Waals surface area contributed by atoms with E-state index in [-0.39, 0.29) is 23.1 Å². The highest BCUT2D eigenvalue weighted by atomic mass is 32.2. The van der Waals surface area contributed by atoms with Crippen molar-refractivity contribution in [3.05, 3.63) is 34.6 Å². The fourth-order valence-corrected chi connectivity index (χ4v) is 3.80. The molecule has 7 nitrogen and oxygen atoms in total. The van der Waals surface area contributed by atoms with E-state index in [9.17, 15) is 14.4 Å². The summed E-state index contributed by atoms with van der Waals surface area (Å²) in [6.07, 6.45) is 2.29. The summed E-state index contributed by atoms with van der Waals surface area (Å²) >= 11 is 1.20. The Bertz CT molecular complexity index is 910. The Morgan fingerprint density at radius 2 is 2.00 bits per heavy atom. The first-order valence-electron chi connectivity index (χ1n) is 9.86. The van der Waals surface area contributed by atoms with Crippen LogP contribution in [0.5, 0.6) is 0 Å². The van der Waals surface area contributed by atoms with Crippen LogP contribution in [0.15, 0.2) is 34.2 Å². The minimum Gasteiger partial charge on any atom is -0.467 e. The molecule has 1 N–H and O–H groups in total. The zero-order valence-electron chi connectivity index (χ0n) is 17.4. The molecule has 1 atom stereocenters. The topological polar surface area (TPSA) is 90.3 Å². The Labute approximate surface area is 175 Å². The number of nitrogens with one attached hydrogen (secondary N) is 1. The Morgan fingerprint density at radius 1 is 1.28 bits per heavy atom. The van der Waals surface area contributed by atoms with E-state index in [2.05, 4.69) is 17.2 Å². The molecule has 0 unspecified atom stereocenters. The van der Waals surface area contributed by atoms with Gasteiger partial charge in [0.1, 0.15) is 6.04 Å². The molecule has 1 amide bonds. The minimum atomic E-state index is -0.681. The van der Waals surface area contributed by atoms with Crippen LogP contribution in [0, 0.1) is 5.92 Å². The third-order valence-corrected chi connectivity index (χ3v) is 5.40. The van der Waals surface area contributed by atoms with E-state index in [0.717, 1.165) is 12.8 Å². The first-order chi connectivity index (χ1) is 13.9. The third-order valence-electron chi connectivity index (χ3n) is 4.42. The number of carbonyl (C=O) groups is 2. The Hall–Kier alpha value is -2.35. The van der Waals surface area contributed by atoms with Crippen LogP contribution in [0.1, 0.15) is 40.0 Å². The molecule has 158 valence electrons. The molecule has 0 bridgehead atoms. The van der Waals surface area contributed by atoms with Gasteiger partial charge >= 0.3 is 5.97 Å². The van der Waals surface area contributed by atoms with Crippen LogP contribution < -0.4 is 10.9 Å². The maximum absolute atomic E-state index is 12.9. The zero-order chi connectivity index (χ0) is 21.4. The molecule has 29 heavy (non-hydrogen) atoms. The number of fused-ring (bicyclic) bond motifs is 1. The number of rotatable bonds is 10. The van der Waals surface area contributed by atoms with Crippen LogP contribution >= 0.6 is 11.8 Å². The second-order valence-corrected chi connectivity index (χ2v) is 8.23. The van der Waals surface area contributed by atoms with Crippen molar-refractivity contribution in [3.8, 4) is 0 Å². The molecule has 0 saturated carbocycles. The number of para-hydroxylation sites is 1. The first-order valence-corrected chi connectivity index (χ1v) is 10.9. The molecule has 2 rings (SSSR count). The standard InChI is InChI=1S/C21H29N3O4S/c1-5-6-11-24-19(26)15-9-7-8-10-16(15)23-21(24)29-13-18(25)22-17(12-14(2)3)20(27)28-4/h7-10,14,17H,5-6,11-13H2,1-4H3,(H,22,25)/t17-/m0/s1. The number of benzene rings is 1. The van der Waals surface area contributed by atoms with Crippen LogP contribution in [-0.2, 0) is 20.9 Å². The molecule has 0 aliphatic rings. The van der Waals surface area contributed by atoms with Gasteiger partial charge in [-0.25, -0.2) is 9.78 Å². The lowest BCUT2D eigenvalue weighted by Gasteiger charge is -2.18. The second-order valence-electron chi connectivity index (χ2n) is 7.28.